The van der Waals surface area contributed by atoms with E-state index in [4.69, 9.17) is 15.2 Å². The van der Waals surface area contributed by atoms with E-state index in [9.17, 15) is 14.4 Å². The Bertz CT molecular complexity index is 1110. The van der Waals surface area contributed by atoms with E-state index in [-0.39, 0.29) is 54.0 Å². The third-order valence-corrected chi connectivity index (χ3v) is 9.81. The fourth-order valence-corrected chi connectivity index (χ4v) is 7.71. The van der Waals surface area contributed by atoms with Gasteiger partial charge in [0, 0.05) is 57.0 Å². The SMILES string of the molecule is COc1cc2cc(c1OC)CCCNC(=O)CCC[C@H]1[C@@H]3C[C@@H](CN(C(=O)C4CCC(N)CC4)C3)CN1C(=O)CC2.Cl. The number of methoxy groups -OCH3 is 2. The minimum Gasteiger partial charge on any atom is -0.493 e. The van der Waals surface area contributed by atoms with Crippen LogP contribution in [-0.2, 0) is 27.2 Å². The van der Waals surface area contributed by atoms with Crippen LogP contribution < -0.4 is 20.5 Å². The molecular weight excluding hydrogens is 556 g/mol. The Balaban J connectivity index is 0.00000405. The van der Waals surface area contributed by atoms with Crippen LogP contribution in [0, 0.1) is 17.8 Å². The van der Waals surface area contributed by atoms with E-state index < -0.39 is 0 Å². The van der Waals surface area contributed by atoms with Gasteiger partial charge in [-0.1, -0.05) is 6.07 Å². The van der Waals surface area contributed by atoms with E-state index in [1.165, 1.54) is 0 Å². The molecule has 10 heteroatoms. The smallest absolute Gasteiger partial charge is 0.225 e. The number of halogens is 1. The molecule has 1 saturated carbocycles. The van der Waals surface area contributed by atoms with Gasteiger partial charge < -0.3 is 30.3 Å². The van der Waals surface area contributed by atoms with Gasteiger partial charge in [-0.2, -0.15) is 0 Å². The molecule has 0 unspecified atom stereocenters. The number of nitrogens with one attached hydrogen (secondary N) is 1. The first-order valence-electron chi connectivity index (χ1n) is 15.7. The summed E-state index contributed by atoms with van der Waals surface area (Å²) in [4.78, 5) is 44.2. The molecule has 1 aromatic rings. The highest BCUT2D eigenvalue weighted by atomic mass is 35.5. The quantitative estimate of drug-likeness (QED) is 0.546. The highest BCUT2D eigenvalue weighted by molar-refractivity contribution is 5.85. The second kappa shape index (κ2) is 14.8. The second-order valence-corrected chi connectivity index (χ2v) is 12.7. The van der Waals surface area contributed by atoms with E-state index in [1.807, 2.05) is 6.07 Å². The fourth-order valence-electron chi connectivity index (χ4n) is 7.71. The molecule has 0 spiro atoms. The zero-order chi connectivity index (χ0) is 28.9. The van der Waals surface area contributed by atoms with Crippen molar-refractivity contribution in [3.8, 4) is 11.5 Å². The molecule has 0 radical (unpaired) electrons. The lowest BCUT2D eigenvalue weighted by molar-refractivity contribution is -0.148. The number of hydrogen-bond donors (Lipinski definition) is 2. The number of benzene rings is 1. The molecule has 3 N–H and O–H groups in total. The van der Waals surface area contributed by atoms with Crippen LogP contribution in [-0.4, -0.2) is 80.0 Å². The number of carbonyl (C=O) groups excluding carboxylic acids is 3. The molecule has 4 aliphatic rings. The number of fused-ring (bicyclic) bond motifs is 6. The highest BCUT2D eigenvalue weighted by Crippen LogP contribution is 2.38. The summed E-state index contributed by atoms with van der Waals surface area (Å²) in [6.45, 7) is 2.73. The molecule has 42 heavy (non-hydrogen) atoms. The average molecular weight is 605 g/mol. The summed E-state index contributed by atoms with van der Waals surface area (Å²) in [6.07, 6.45) is 9.23. The molecule has 5 rings (SSSR count). The molecule has 3 fully saturated rings. The average Bonchev–Trinajstić information content (AvgIpc) is 2.98. The monoisotopic (exact) mass is 604 g/mol. The van der Waals surface area contributed by atoms with Gasteiger partial charge in [-0.3, -0.25) is 14.4 Å². The van der Waals surface area contributed by atoms with Crippen LogP contribution in [0.15, 0.2) is 12.1 Å². The minimum atomic E-state index is 0. The highest BCUT2D eigenvalue weighted by Gasteiger charge is 2.44. The first-order chi connectivity index (χ1) is 19.9. The summed E-state index contributed by atoms with van der Waals surface area (Å²) in [5.41, 5.74) is 8.18. The number of nitrogens with zero attached hydrogens (tertiary/aromatic N) is 2. The zero-order valence-electron chi connectivity index (χ0n) is 25.3. The van der Waals surface area contributed by atoms with E-state index in [2.05, 4.69) is 21.2 Å². The molecule has 3 heterocycles. The Labute approximate surface area is 256 Å². The number of rotatable bonds is 3. The van der Waals surface area contributed by atoms with Gasteiger partial charge >= 0.3 is 0 Å². The lowest BCUT2D eigenvalue weighted by Gasteiger charge is -2.51. The van der Waals surface area contributed by atoms with Gasteiger partial charge in [0.25, 0.3) is 0 Å². The van der Waals surface area contributed by atoms with Gasteiger partial charge in [-0.15, -0.1) is 12.4 Å². The Hall–Kier alpha value is -2.52. The fraction of sp³-hybridized carbons (Fsp3) is 0.719. The van der Waals surface area contributed by atoms with Crippen LogP contribution >= 0.6 is 12.4 Å². The largest absolute Gasteiger partial charge is 0.493 e. The van der Waals surface area contributed by atoms with Crippen LogP contribution in [0.3, 0.4) is 0 Å². The van der Waals surface area contributed by atoms with Crippen molar-refractivity contribution >= 4 is 30.1 Å². The number of likely N-dealkylation sites (tertiary alicyclic amines) is 1. The Kier molecular flexibility index (Phi) is 11.4. The minimum absolute atomic E-state index is 0. The van der Waals surface area contributed by atoms with Crippen molar-refractivity contribution in [2.24, 2.45) is 23.5 Å². The summed E-state index contributed by atoms with van der Waals surface area (Å²) >= 11 is 0. The van der Waals surface area contributed by atoms with Gasteiger partial charge in [0.15, 0.2) is 11.5 Å². The lowest BCUT2D eigenvalue weighted by Crippen LogP contribution is -2.60. The van der Waals surface area contributed by atoms with Crippen molar-refractivity contribution < 1.29 is 23.9 Å². The maximum atomic E-state index is 13.8. The molecule has 9 nitrogen and oxygen atoms in total. The predicted molar refractivity (Wildman–Crippen MR) is 164 cm³/mol. The Morgan fingerprint density at radius 2 is 1.71 bits per heavy atom. The number of nitrogens with two attached hydrogens (primary N) is 1. The third kappa shape index (κ3) is 7.51. The Morgan fingerprint density at radius 1 is 0.929 bits per heavy atom. The van der Waals surface area contributed by atoms with Crippen LogP contribution in [0.5, 0.6) is 11.5 Å². The first-order valence-corrected chi connectivity index (χ1v) is 15.7. The molecule has 0 aromatic heterocycles. The van der Waals surface area contributed by atoms with Crippen molar-refractivity contribution in [1.82, 2.24) is 15.1 Å². The summed E-state index contributed by atoms with van der Waals surface area (Å²) in [5, 5.41) is 3.07. The summed E-state index contributed by atoms with van der Waals surface area (Å²) in [7, 11) is 3.28. The van der Waals surface area contributed by atoms with Gasteiger partial charge in [-0.05, 0) is 93.2 Å². The first kappa shape index (κ1) is 32.4. The molecule has 1 aliphatic carbocycles. The topological polar surface area (TPSA) is 114 Å². The maximum Gasteiger partial charge on any atom is 0.225 e. The number of piperidine rings is 2. The lowest BCUT2D eigenvalue weighted by atomic mass is 9.76. The predicted octanol–water partition coefficient (Wildman–Crippen LogP) is 3.48. The zero-order valence-corrected chi connectivity index (χ0v) is 26.1. The van der Waals surface area contributed by atoms with E-state index in [0.29, 0.717) is 56.3 Å². The van der Waals surface area contributed by atoms with Crippen LogP contribution in [0.1, 0.15) is 75.3 Å². The number of ether oxygens (including phenoxy) is 2. The van der Waals surface area contributed by atoms with E-state index in [1.54, 1.807) is 14.2 Å². The normalized spacial score (nSPS) is 29.1. The molecule has 3 atom stereocenters. The summed E-state index contributed by atoms with van der Waals surface area (Å²) < 4.78 is 11.3. The van der Waals surface area contributed by atoms with Gasteiger partial charge in [-0.25, -0.2) is 0 Å². The molecule has 3 amide bonds. The van der Waals surface area contributed by atoms with Crippen molar-refractivity contribution in [3.63, 3.8) is 0 Å². The molecular formula is C32H49ClN4O5. The number of carbonyl (C=O) groups is 3. The third-order valence-electron chi connectivity index (χ3n) is 9.81. The van der Waals surface area contributed by atoms with Crippen LogP contribution in [0.2, 0.25) is 0 Å². The van der Waals surface area contributed by atoms with Crippen molar-refractivity contribution in [2.75, 3.05) is 40.4 Å². The van der Waals surface area contributed by atoms with E-state index >= 15 is 0 Å². The van der Waals surface area contributed by atoms with Crippen LogP contribution in [0.4, 0.5) is 0 Å². The van der Waals surface area contributed by atoms with Gasteiger partial charge in [0.05, 0.1) is 14.2 Å². The maximum absolute atomic E-state index is 13.8. The van der Waals surface area contributed by atoms with Crippen molar-refractivity contribution in [1.29, 1.82) is 0 Å². The molecule has 1 aromatic carbocycles. The molecule has 3 aliphatic heterocycles. The number of hydrogen-bond acceptors (Lipinski definition) is 6. The molecule has 234 valence electrons. The number of aryl methyl sites for hydroxylation is 2. The van der Waals surface area contributed by atoms with Crippen LogP contribution in [0.25, 0.3) is 0 Å². The summed E-state index contributed by atoms with van der Waals surface area (Å²) in [5.74, 6) is 2.52. The van der Waals surface area contributed by atoms with Crippen molar-refractivity contribution in [3.05, 3.63) is 23.3 Å². The standard InChI is InChI=1S/C32H48N4O5.ClH/c1-40-28-17-21-8-13-30(38)36-19-22-16-25(20-35(18-22)32(39)23-9-11-26(33)12-10-23)27(36)6-3-7-29(37)34-14-4-5-24(15-21)31(28)41-2;/h15,17,22-23,25-27H,3-14,16,18-20,33H2,1-2H3,(H,34,37);1H/t22-,23?,25+,26?,27-;/m0./s1. The van der Waals surface area contributed by atoms with E-state index in [0.717, 1.165) is 75.5 Å². The van der Waals surface area contributed by atoms with Crippen molar-refractivity contribution in [2.45, 2.75) is 89.1 Å². The second-order valence-electron chi connectivity index (χ2n) is 12.7. The Morgan fingerprint density at radius 3 is 2.45 bits per heavy atom. The van der Waals surface area contributed by atoms with Gasteiger partial charge in [0.2, 0.25) is 17.7 Å². The molecule has 2 saturated heterocycles. The molecule has 4 bridgehead atoms. The van der Waals surface area contributed by atoms with Gasteiger partial charge in [0.1, 0.15) is 0 Å². The summed E-state index contributed by atoms with van der Waals surface area (Å²) in [6, 6.07) is 4.37. The number of amides is 3.